The van der Waals surface area contributed by atoms with Gasteiger partial charge in [-0.05, 0) is 36.2 Å². The van der Waals surface area contributed by atoms with Crippen molar-refractivity contribution in [3.8, 4) is 0 Å². The zero-order valence-corrected chi connectivity index (χ0v) is 11.2. The van der Waals surface area contributed by atoms with Crippen molar-refractivity contribution < 1.29 is 19.8 Å². The minimum atomic E-state index is -1.14. The molecule has 0 bridgehead atoms. The maximum absolute atomic E-state index is 12.1. The van der Waals surface area contributed by atoms with Crippen LogP contribution in [0.4, 0.5) is 5.69 Å². The number of nitrogens with one attached hydrogen (secondary N) is 1. The molecular weight excluding hydrogens is 270 g/mol. The van der Waals surface area contributed by atoms with Crippen molar-refractivity contribution in [2.24, 2.45) is 0 Å². The molecule has 0 radical (unpaired) electrons. The first-order chi connectivity index (χ1) is 10.1. The number of benzene rings is 2. The van der Waals surface area contributed by atoms with Crippen LogP contribution >= 0.6 is 0 Å². The second-order valence-electron chi connectivity index (χ2n) is 4.48. The molecule has 2 aromatic carbocycles. The van der Waals surface area contributed by atoms with Gasteiger partial charge in [0.1, 0.15) is 0 Å². The van der Waals surface area contributed by atoms with E-state index in [4.69, 9.17) is 10.2 Å². The highest BCUT2D eigenvalue weighted by molar-refractivity contribution is 6.10. The molecule has 0 aliphatic heterocycles. The van der Waals surface area contributed by atoms with E-state index in [1.165, 1.54) is 12.1 Å². The Balaban J connectivity index is 2.16. The number of hydrogen-bond donors (Lipinski definition) is 3. The smallest absolute Gasteiger partial charge is 0.336 e. The predicted octanol–water partition coefficient (Wildman–Crippen LogP) is 2.17. The molecule has 108 valence electrons. The highest BCUT2D eigenvalue weighted by atomic mass is 16.4. The van der Waals surface area contributed by atoms with Crippen LogP contribution in [0.25, 0.3) is 0 Å². The molecule has 5 nitrogen and oxygen atoms in total. The van der Waals surface area contributed by atoms with Gasteiger partial charge in [-0.15, -0.1) is 0 Å². The summed E-state index contributed by atoms with van der Waals surface area (Å²) in [5, 5.41) is 20.6. The number of aliphatic hydroxyl groups excluding tert-OH is 1. The molecule has 0 aliphatic carbocycles. The van der Waals surface area contributed by atoms with E-state index in [0.717, 1.165) is 5.56 Å². The topological polar surface area (TPSA) is 86.6 Å². The number of carboxylic acid groups (broad SMARTS) is 1. The highest BCUT2D eigenvalue weighted by Crippen LogP contribution is 2.14. The molecule has 0 heterocycles. The molecule has 0 aliphatic rings. The summed E-state index contributed by atoms with van der Waals surface area (Å²) < 4.78 is 0. The van der Waals surface area contributed by atoms with Gasteiger partial charge in [-0.1, -0.05) is 24.3 Å². The first kappa shape index (κ1) is 14.7. The van der Waals surface area contributed by atoms with Crippen LogP contribution in [-0.4, -0.2) is 28.7 Å². The first-order valence-corrected chi connectivity index (χ1v) is 6.45. The largest absolute Gasteiger partial charge is 0.478 e. The Kier molecular flexibility index (Phi) is 4.68. The van der Waals surface area contributed by atoms with Gasteiger partial charge in [0, 0.05) is 12.3 Å². The van der Waals surface area contributed by atoms with E-state index in [2.05, 4.69) is 5.32 Å². The van der Waals surface area contributed by atoms with Crippen LogP contribution in [0.3, 0.4) is 0 Å². The van der Waals surface area contributed by atoms with Gasteiger partial charge in [0.05, 0.1) is 11.1 Å². The number of carbonyl (C=O) groups is 2. The standard InChI is InChI=1S/C16H15NO4/c18-10-9-11-5-7-12(8-6-11)17-15(19)13-3-1-2-4-14(13)16(20)21/h1-8,18H,9-10H2,(H,17,19)(H,20,21). The maximum atomic E-state index is 12.1. The molecule has 3 N–H and O–H groups in total. The maximum Gasteiger partial charge on any atom is 0.336 e. The van der Waals surface area contributed by atoms with E-state index < -0.39 is 11.9 Å². The number of amides is 1. The van der Waals surface area contributed by atoms with Crippen molar-refractivity contribution in [3.63, 3.8) is 0 Å². The normalized spacial score (nSPS) is 10.1. The molecule has 2 aromatic rings. The Bertz CT molecular complexity index is 650. The average molecular weight is 285 g/mol. The zero-order valence-electron chi connectivity index (χ0n) is 11.2. The molecular formula is C16H15NO4. The van der Waals surface area contributed by atoms with E-state index in [1.54, 1.807) is 36.4 Å². The van der Waals surface area contributed by atoms with E-state index in [1.807, 2.05) is 0 Å². The number of anilines is 1. The molecule has 0 spiro atoms. The van der Waals surface area contributed by atoms with Gasteiger partial charge in [0.2, 0.25) is 0 Å². The first-order valence-electron chi connectivity index (χ1n) is 6.45. The van der Waals surface area contributed by atoms with Crippen LogP contribution in [-0.2, 0) is 6.42 Å². The van der Waals surface area contributed by atoms with Gasteiger partial charge >= 0.3 is 5.97 Å². The Morgan fingerprint density at radius 2 is 1.57 bits per heavy atom. The van der Waals surface area contributed by atoms with Gasteiger partial charge in [0.15, 0.2) is 0 Å². The molecule has 0 aromatic heterocycles. The molecule has 0 atom stereocenters. The van der Waals surface area contributed by atoms with Gasteiger partial charge in [-0.3, -0.25) is 4.79 Å². The van der Waals surface area contributed by atoms with E-state index in [-0.39, 0.29) is 17.7 Å². The second kappa shape index (κ2) is 6.67. The highest BCUT2D eigenvalue weighted by Gasteiger charge is 2.15. The van der Waals surface area contributed by atoms with Crippen molar-refractivity contribution in [2.45, 2.75) is 6.42 Å². The molecule has 0 unspecified atom stereocenters. The minimum absolute atomic E-state index is 0.0353. The Hall–Kier alpha value is -2.66. The van der Waals surface area contributed by atoms with Crippen LogP contribution in [0, 0.1) is 0 Å². The summed E-state index contributed by atoms with van der Waals surface area (Å²) in [6, 6.07) is 13.1. The summed E-state index contributed by atoms with van der Waals surface area (Å²) >= 11 is 0. The summed E-state index contributed by atoms with van der Waals surface area (Å²) in [4.78, 5) is 23.2. The monoisotopic (exact) mass is 285 g/mol. The summed E-state index contributed by atoms with van der Waals surface area (Å²) in [7, 11) is 0. The fourth-order valence-electron chi connectivity index (χ4n) is 1.95. The number of aromatic carboxylic acids is 1. The predicted molar refractivity (Wildman–Crippen MR) is 78.6 cm³/mol. The summed E-state index contributed by atoms with van der Waals surface area (Å²) in [6.45, 7) is 0.0672. The van der Waals surface area contributed by atoms with Crippen molar-refractivity contribution in [1.29, 1.82) is 0 Å². The van der Waals surface area contributed by atoms with Gasteiger partial charge in [-0.2, -0.15) is 0 Å². The van der Waals surface area contributed by atoms with Crippen LogP contribution in [0.2, 0.25) is 0 Å². The third-order valence-corrected chi connectivity index (χ3v) is 3.01. The number of carboxylic acids is 1. The fourth-order valence-corrected chi connectivity index (χ4v) is 1.95. The van der Waals surface area contributed by atoms with Crippen LogP contribution in [0.15, 0.2) is 48.5 Å². The third-order valence-electron chi connectivity index (χ3n) is 3.01. The van der Waals surface area contributed by atoms with E-state index in [9.17, 15) is 9.59 Å². The van der Waals surface area contributed by atoms with Gasteiger partial charge < -0.3 is 15.5 Å². The fraction of sp³-hybridized carbons (Fsp3) is 0.125. The lowest BCUT2D eigenvalue weighted by Crippen LogP contribution is -2.16. The molecule has 2 rings (SSSR count). The average Bonchev–Trinajstić information content (AvgIpc) is 2.49. The Morgan fingerprint density at radius 1 is 0.952 bits per heavy atom. The number of hydrogen-bond acceptors (Lipinski definition) is 3. The van der Waals surface area contributed by atoms with E-state index >= 15 is 0 Å². The SMILES string of the molecule is O=C(O)c1ccccc1C(=O)Nc1ccc(CCO)cc1. The lowest BCUT2D eigenvalue weighted by atomic mass is 10.1. The van der Waals surface area contributed by atoms with E-state index in [0.29, 0.717) is 12.1 Å². The van der Waals surface area contributed by atoms with Gasteiger partial charge in [0.25, 0.3) is 5.91 Å². The van der Waals surface area contributed by atoms with Crippen LogP contribution in [0.1, 0.15) is 26.3 Å². The van der Waals surface area contributed by atoms with Crippen molar-refractivity contribution in [3.05, 3.63) is 65.2 Å². The Labute approximate surface area is 121 Å². The number of carbonyl (C=O) groups excluding carboxylic acids is 1. The van der Waals surface area contributed by atoms with Crippen molar-refractivity contribution >= 4 is 17.6 Å². The minimum Gasteiger partial charge on any atom is -0.478 e. The lowest BCUT2D eigenvalue weighted by Gasteiger charge is -2.08. The van der Waals surface area contributed by atoms with Crippen LogP contribution < -0.4 is 5.32 Å². The number of aliphatic hydroxyl groups is 1. The molecule has 0 saturated heterocycles. The quantitative estimate of drug-likeness (QED) is 0.785. The summed E-state index contributed by atoms with van der Waals surface area (Å²) in [6.07, 6.45) is 0.552. The molecule has 1 amide bonds. The van der Waals surface area contributed by atoms with Crippen molar-refractivity contribution in [1.82, 2.24) is 0 Å². The lowest BCUT2D eigenvalue weighted by molar-refractivity contribution is 0.0692. The van der Waals surface area contributed by atoms with Gasteiger partial charge in [-0.25, -0.2) is 4.79 Å². The molecule has 0 fully saturated rings. The molecule has 21 heavy (non-hydrogen) atoms. The summed E-state index contributed by atoms with van der Waals surface area (Å²) in [5.41, 5.74) is 1.61. The van der Waals surface area contributed by atoms with Crippen molar-refractivity contribution in [2.75, 3.05) is 11.9 Å². The van der Waals surface area contributed by atoms with Crippen LogP contribution in [0.5, 0.6) is 0 Å². The Morgan fingerprint density at radius 3 is 2.14 bits per heavy atom. The molecule has 0 saturated carbocycles. The second-order valence-corrected chi connectivity index (χ2v) is 4.48. The number of rotatable bonds is 5. The molecule has 5 heteroatoms. The zero-order chi connectivity index (χ0) is 15.2. The summed E-state index contributed by atoms with van der Waals surface area (Å²) in [5.74, 6) is -1.61. The third kappa shape index (κ3) is 3.67.